The largest absolute Gasteiger partial charge is 0.340 e. The third-order valence-corrected chi connectivity index (χ3v) is 3.29. The van der Waals surface area contributed by atoms with E-state index in [2.05, 4.69) is 25.0 Å². The Morgan fingerprint density at radius 3 is 3.17 bits per heavy atom. The van der Waals surface area contributed by atoms with E-state index in [1.807, 2.05) is 12.5 Å². The number of piperidine rings is 1. The van der Waals surface area contributed by atoms with Crippen LogP contribution in [0.3, 0.4) is 0 Å². The highest BCUT2D eigenvalue weighted by Gasteiger charge is 2.19. The minimum atomic E-state index is 0.397. The fraction of sp³-hybridized carbons (Fsp3) is 0.583. The van der Waals surface area contributed by atoms with Gasteiger partial charge in [0.05, 0.1) is 18.6 Å². The van der Waals surface area contributed by atoms with Crippen molar-refractivity contribution in [1.82, 2.24) is 25.0 Å². The molecule has 1 fully saturated rings. The lowest BCUT2D eigenvalue weighted by Crippen LogP contribution is -2.28. The van der Waals surface area contributed by atoms with Gasteiger partial charge < -0.3 is 14.4 Å². The Morgan fingerprint density at radius 1 is 1.50 bits per heavy atom. The van der Waals surface area contributed by atoms with E-state index in [9.17, 15) is 0 Å². The van der Waals surface area contributed by atoms with Gasteiger partial charge in [0, 0.05) is 19.2 Å². The fourth-order valence-electron chi connectivity index (χ4n) is 2.42. The molecule has 1 saturated heterocycles. The molecule has 96 valence electrons. The van der Waals surface area contributed by atoms with Crippen LogP contribution >= 0.6 is 0 Å². The molecule has 2 aromatic heterocycles. The minimum Gasteiger partial charge on any atom is -0.340 e. The van der Waals surface area contributed by atoms with Gasteiger partial charge in [0.1, 0.15) is 0 Å². The fourth-order valence-corrected chi connectivity index (χ4v) is 2.42. The number of aromatic nitrogens is 4. The van der Waals surface area contributed by atoms with Crippen molar-refractivity contribution in [3.05, 3.63) is 29.9 Å². The lowest BCUT2D eigenvalue weighted by molar-refractivity contribution is 0.381. The van der Waals surface area contributed by atoms with Crippen LogP contribution in [0.25, 0.3) is 0 Å². The van der Waals surface area contributed by atoms with E-state index in [-0.39, 0.29) is 0 Å². The number of rotatable bonds is 3. The molecule has 6 heteroatoms. The molecule has 0 spiro atoms. The SMILES string of the molecule is Cc1nc(Cn2cncc2C2CCCCN2)no1. The lowest BCUT2D eigenvalue weighted by atomic mass is 10.0. The van der Waals surface area contributed by atoms with Crippen LogP contribution in [0.15, 0.2) is 17.0 Å². The van der Waals surface area contributed by atoms with Gasteiger partial charge in [-0.15, -0.1) is 0 Å². The molecule has 0 bridgehead atoms. The van der Waals surface area contributed by atoms with E-state index >= 15 is 0 Å². The van der Waals surface area contributed by atoms with Crippen molar-refractivity contribution in [1.29, 1.82) is 0 Å². The second-order valence-corrected chi connectivity index (χ2v) is 4.68. The molecule has 2 aromatic rings. The van der Waals surface area contributed by atoms with Crippen LogP contribution in [-0.2, 0) is 6.54 Å². The highest BCUT2D eigenvalue weighted by molar-refractivity contribution is 5.08. The molecule has 0 radical (unpaired) electrons. The molecular formula is C12H17N5O. The quantitative estimate of drug-likeness (QED) is 0.888. The Morgan fingerprint density at radius 2 is 2.44 bits per heavy atom. The van der Waals surface area contributed by atoms with Crippen molar-refractivity contribution in [3.8, 4) is 0 Å². The molecule has 1 atom stereocenters. The smallest absolute Gasteiger partial charge is 0.223 e. The van der Waals surface area contributed by atoms with Crippen LogP contribution < -0.4 is 5.32 Å². The standard InChI is InChI=1S/C12H17N5O/c1-9-15-12(16-18-9)7-17-8-13-6-11(17)10-4-2-3-5-14-10/h6,8,10,14H,2-5,7H2,1H3. The summed E-state index contributed by atoms with van der Waals surface area (Å²) >= 11 is 0. The molecular weight excluding hydrogens is 230 g/mol. The Balaban J connectivity index is 1.78. The second-order valence-electron chi connectivity index (χ2n) is 4.68. The number of imidazole rings is 1. The van der Waals surface area contributed by atoms with E-state index in [4.69, 9.17) is 4.52 Å². The van der Waals surface area contributed by atoms with Gasteiger partial charge >= 0.3 is 0 Å². The molecule has 18 heavy (non-hydrogen) atoms. The zero-order valence-corrected chi connectivity index (χ0v) is 10.5. The predicted octanol–water partition coefficient (Wildman–Crippen LogP) is 1.44. The molecule has 0 aliphatic carbocycles. The number of aryl methyl sites for hydroxylation is 1. The Bertz CT molecular complexity index is 512. The van der Waals surface area contributed by atoms with Crippen molar-refractivity contribution in [2.45, 2.75) is 38.8 Å². The predicted molar refractivity (Wildman–Crippen MR) is 65.0 cm³/mol. The minimum absolute atomic E-state index is 0.397. The van der Waals surface area contributed by atoms with Crippen molar-refractivity contribution >= 4 is 0 Å². The molecule has 0 aromatic carbocycles. The molecule has 3 rings (SSSR count). The first-order chi connectivity index (χ1) is 8.83. The summed E-state index contributed by atoms with van der Waals surface area (Å²) in [6.07, 6.45) is 7.45. The molecule has 6 nitrogen and oxygen atoms in total. The van der Waals surface area contributed by atoms with E-state index in [1.54, 1.807) is 6.92 Å². The first-order valence-electron chi connectivity index (χ1n) is 6.35. The third kappa shape index (κ3) is 2.28. The van der Waals surface area contributed by atoms with Gasteiger partial charge in [0.25, 0.3) is 0 Å². The molecule has 1 N–H and O–H groups in total. The first kappa shape index (κ1) is 11.4. The summed E-state index contributed by atoms with van der Waals surface area (Å²) in [5.74, 6) is 1.30. The van der Waals surface area contributed by atoms with Crippen LogP contribution in [-0.4, -0.2) is 26.2 Å². The van der Waals surface area contributed by atoms with Crippen molar-refractivity contribution in [2.24, 2.45) is 0 Å². The Kier molecular flexibility index (Phi) is 3.10. The Hall–Kier alpha value is -1.69. The van der Waals surface area contributed by atoms with Gasteiger partial charge in [-0.05, 0) is 19.4 Å². The molecule has 1 aliphatic rings. The molecule has 0 amide bonds. The second kappa shape index (κ2) is 4.89. The van der Waals surface area contributed by atoms with Gasteiger partial charge in [0.15, 0.2) is 5.82 Å². The highest BCUT2D eigenvalue weighted by Crippen LogP contribution is 2.22. The van der Waals surface area contributed by atoms with Crippen molar-refractivity contribution in [2.75, 3.05) is 6.54 Å². The normalized spacial score (nSPS) is 20.2. The van der Waals surface area contributed by atoms with Gasteiger partial charge in [-0.3, -0.25) is 0 Å². The molecule has 0 saturated carbocycles. The van der Waals surface area contributed by atoms with E-state index in [0.29, 0.717) is 24.3 Å². The van der Waals surface area contributed by atoms with Crippen molar-refractivity contribution < 1.29 is 4.52 Å². The van der Waals surface area contributed by atoms with E-state index in [1.165, 1.54) is 18.5 Å². The zero-order valence-electron chi connectivity index (χ0n) is 10.5. The van der Waals surface area contributed by atoms with Gasteiger partial charge in [-0.25, -0.2) is 4.98 Å². The summed E-state index contributed by atoms with van der Waals surface area (Å²) in [6.45, 7) is 3.50. The summed E-state index contributed by atoms with van der Waals surface area (Å²) < 4.78 is 7.08. The first-order valence-corrected chi connectivity index (χ1v) is 6.35. The topological polar surface area (TPSA) is 68.8 Å². The lowest BCUT2D eigenvalue weighted by Gasteiger charge is -2.24. The molecule has 1 aliphatic heterocycles. The average molecular weight is 247 g/mol. The maximum atomic E-state index is 4.99. The summed E-state index contributed by atoms with van der Waals surface area (Å²) in [6, 6.07) is 0.397. The van der Waals surface area contributed by atoms with E-state index in [0.717, 1.165) is 13.0 Å². The van der Waals surface area contributed by atoms with Crippen molar-refractivity contribution in [3.63, 3.8) is 0 Å². The summed E-state index contributed by atoms with van der Waals surface area (Å²) in [4.78, 5) is 8.46. The third-order valence-electron chi connectivity index (χ3n) is 3.29. The van der Waals surface area contributed by atoms with Gasteiger partial charge in [-0.2, -0.15) is 4.98 Å². The zero-order chi connectivity index (χ0) is 12.4. The van der Waals surface area contributed by atoms with Crippen LogP contribution in [0, 0.1) is 6.92 Å². The summed E-state index contributed by atoms with van der Waals surface area (Å²) in [7, 11) is 0. The molecule has 1 unspecified atom stereocenters. The number of hydrogen-bond donors (Lipinski definition) is 1. The monoisotopic (exact) mass is 247 g/mol. The number of hydrogen-bond acceptors (Lipinski definition) is 5. The van der Waals surface area contributed by atoms with Crippen LogP contribution in [0.1, 0.15) is 42.7 Å². The van der Waals surface area contributed by atoms with Gasteiger partial charge in [0.2, 0.25) is 5.89 Å². The summed E-state index contributed by atoms with van der Waals surface area (Å²) in [5, 5.41) is 7.45. The number of nitrogens with one attached hydrogen (secondary N) is 1. The summed E-state index contributed by atoms with van der Waals surface area (Å²) in [5.41, 5.74) is 1.21. The maximum Gasteiger partial charge on any atom is 0.223 e. The van der Waals surface area contributed by atoms with E-state index < -0.39 is 0 Å². The van der Waals surface area contributed by atoms with Crippen LogP contribution in [0.2, 0.25) is 0 Å². The van der Waals surface area contributed by atoms with Crippen LogP contribution in [0.5, 0.6) is 0 Å². The Labute approximate surface area is 105 Å². The number of nitrogens with zero attached hydrogens (tertiary/aromatic N) is 4. The maximum absolute atomic E-state index is 4.99. The molecule has 3 heterocycles. The van der Waals surface area contributed by atoms with Gasteiger partial charge in [-0.1, -0.05) is 11.6 Å². The van der Waals surface area contributed by atoms with Crippen LogP contribution in [0.4, 0.5) is 0 Å². The highest BCUT2D eigenvalue weighted by atomic mass is 16.5. The average Bonchev–Trinajstić information content (AvgIpc) is 3.00.